The number of amides is 2. The molecule has 0 fully saturated rings. The summed E-state index contributed by atoms with van der Waals surface area (Å²) in [6, 6.07) is 18.4. The Bertz CT molecular complexity index is 1090. The summed E-state index contributed by atoms with van der Waals surface area (Å²) >= 11 is 0. The van der Waals surface area contributed by atoms with Gasteiger partial charge in [0.25, 0.3) is 5.91 Å². The van der Waals surface area contributed by atoms with Crippen molar-refractivity contribution in [2.45, 2.75) is 6.42 Å². The van der Waals surface area contributed by atoms with Crippen molar-refractivity contribution in [1.82, 2.24) is 0 Å². The number of fused-ring (bicyclic) bond motifs is 2. The topological polar surface area (TPSA) is 93.4 Å². The Morgan fingerprint density at radius 1 is 0.929 bits per heavy atom. The number of para-hydroxylation sites is 1. The van der Waals surface area contributed by atoms with Crippen molar-refractivity contribution < 1.29 is 14.3 Å². The number of anilines is 3. The first-order chi connectivity index (χ1) is 13.6. The molecule has 0 spiro atoms. The van der Waals surface area contributed by atoms with E-state index in [2.05, 4.69) is 10.6 Å². The summed E-state index contributed by atoms with van der Waals surface area (Å²) in [6.45, 7) is 0. The largest absolute Gasteiger partial charge is 0.496 e. The minimum absolute atomic E-state index is 0.242. The van der Waals surface area contributed by atoms with Gasteiger partial charge in [-0.1, -0.05) is 30.3 Å². The van der Waals surface area contributed by atoms with Gasteiger partial charge >= 0.3 is 0 Å². The van der Waals surface area contributed by atoms with Crippen LogP contribution in [0.25, 0.3) is 0 Å². The Hall–Kier alpha value is -3.80. The highest BCUT2D eigenvalue weighted by Crippen LogP contribution is 2.35. The first-order valence-electron chi connectivity index (χ1n) is 8.83. The Morgan fingerprint density at radius 2 is 1.71 bits per heavy atom. The van der Waals surface area contributed by atoms with Crippen LogP contribution in [-0.2, 0) is 6.42 Å². The highest BCUT2D eigenvalue weighted by Gasteiger charge is 2.23. The molecule has 0 unspecified atom stereocenters. The summed E-state index contributed by atoms with van der Waals surface area (Å²) in [4.78, 5) is 24.5. The van der Waals surface area contributed by atoms with E-state index in [4.69, 9.17) is 10.5 Å². The second kappa shape index (κ2) is 7.08. The fourth-order valence-electron chi connectivity index (χ4n) is 3.41. The lowest BCUT2D eigenvalue weighted by Crippen LogP contribution is -2.15. The predicted molar refractivity (Wildman–Crippen MR) is 108 cm³/mol. The molecule has 6 nitrogen and oxygen atoms in total. The number of nitrogens with two attached hydrogens (primary N) is 1. The summed E-state index contributed by atoms with van der Waals surface area (Å²) < 4.78 is 5.44. The van der Waals surface area contributed by atoms with Gasteiger partial charge in [0.05, 0.1) is 29.7 Å². The van der Waals surface area contributed by atoms with Gasteiger partial charge in [-0.2, -0.15) is 0 Å². The van der Waals surface area contributed by atoms with Gasteiger partial charge in [-0.15, -0.1) is 0 Å². The molecular formula is C22H19N3O3. The van der Waals surface area contributed by atoms with Gasteiger partial charge in [0, 0.05) is 12.0 Å². The van der Waals surface area contributed by atoms with Crippen LogP contribution in [0.2, 0.25) is 0 Å². The van der Waals surface area contributed by atoms with E-state index in [1.54, 1.807) is 25.3 Å². The molecule has 6 heteroatoms. The third-order valence-corrected chi connectivity index (χ3v) is 4.77. The molecule has 0 saturated carbocycles. The maximum absolute atomic E-state index is 13.0. The molecule has 1 aliphatic heterocycles. The van der Waals surface area contributed by atoms with Crippen LogP contribution < -0.4 is 21.1 Å². The second-order valence-electron chi connectivity index (χ2n) is 6.53. The van der Waals surface area contributed by atoms with Crippen molar-refractivity contribution in [1.29, 1.82) is 0 Å². The van der Waals surface area contributed by atoms with E-state index in [0.29, 0.717) is 34.6 Å². The zero-order valence-electron chi connectivity index (χ0n) is 15.3. The molecule has 0 bridgehead atoms. The maximum atomic E-state index is 13.0. The number of carbonyl (C=O) groups excluding carboxylic acids is 2. The molecular weight excluding hydrogens is 354 g/mol. The quantitative estimate of drug-likeness (QED) is 0.650. The van der Waals surface area contributed by atoms with Crippen molar-refractivity contribution in [3.63, 3.8) is 0 Å². The van der Waals surface area contributed by atoms with E-state index >= 15 is 0 Å². The summed E-state index contributed by atoms with van der Waals surface area (Å²) in [6.07, 6.45) is 0.547. The van der Waals surface area contributed by atoms with Crippen LogP contribution in [0.1, 0.15) is 31.8 Å². The second-order valence-corrected chi connectivity index (χ2v) is 6.53. The highest BCUT2D eigenvalue weighted by atomic mass is 16.5. The predicted octanol–water partition coefficient (Wildman–Crippen LogP) is 3.69. The van der Waals surface area contributed by atoms with Gasteiger partial charge in [0.15, 0.2) is 0 Å². The normalized spacial score (nSPS) is 12.1. The summed E-state index contributed by atoms with van der Waals surface area (Å²) in [5, 5.41) is 6.18. The Balaban J connectivity index is 1.75. The van der Waals surface area contributed by atoms with Crippen LogP contribution in [0, 0.1) is 0 Å². The minimum Gasteiger partial charge on any atom is -0.496 e. The van der Waals surface area contributed by atoms with Crippen LogP contribution in [0.15, 0.2) is 60.7 Å². The van der Waals surface area contributed by atoms with Crippen molar-refractivity contribution in [2.75, 3.05) is 17.7 Å². The van der Waals surface area contributed by atoms with Gasteiger partial charge in [-0.25, -0.2) is 0 Å². The molecule has 0 aromatic heterocycles. The average Bonchev–Trinajstić information content (AvgIpc) is 2.83. The van der Waals surface area contributed by atoms with E-state index in [1.165, 1.54) is 0 Å². The van der Waals surface area contributed by atoms with Gasteiger partial charge in [-0.05, 0) is 41.5 Å². The molecule has 0 radical (unpaired) electrons. The molecule has 4 rings (SSSR count). The SMILES string of the molecule is COc1ccccc1Cc1cccc2c1C(=O)Nc1cc(C(N)=O)ccc1N2. The van der Waals surface area contributed by atoms with Crippen LogP contribution >= 0.6 is 0 Å². The van der Waals surface area contributed by atoms with Crippen LogP contribution in [-0.4, -0.2) is 18.9 Å². The van der Waals surface area contributed by atoms with Crippen LogP contribution in [0.5, 0.6) is 5.75 Å². The fraction of sp³-hybridized carbons (Fsp3) is 0.0909. The number of methoxy groups -OCH3 is 1. The van der Waals surface area contributed by atoms with E-state index in [-0.39, 0.29) is 5.91 Å². The molecule has 4 N–H and O–H groups in total. The lowest BCUT2D eigenvalue weighted by Gasteiger charge is -2.13. The van der Waals surface area contributed by atoms with Crippen molar-refractivity contribution in [2.24, 2.45) is 5.73 Å². The number of hydrogen-bond acceptors (Lipinski definition) is 4. The van der Waals surface area contributed by atoms with E-state index < -0.39 is 5.91 Å². The fourth-order valence-corrected chi connectivity index (χ4v) is 3.41. The number of primary amides is 1. The first kappa shape index (κ1) is 17.6. The molecule has 1 aliphatic rings. The van der Waals surface area contributed by atoms with Crippen molar-refractivity contribution in [3.8, 4) is 5.75 Å². The number of hydrogen-bond donors (Lipinski definition) is 3. The summed E-state index contributed by atoms with van der Waals surface area (Å²) in [5.74, 6) is -0.0134. The van der Waals surface area contributed by atoms with Gasteiger partial charge in [-0.3, -0.25) is 9.59 Å². The molecule has 3 aromatic rings. The number of nitrogens with one attached hydrogen (secondary N) is 2. The lowest BCUT2D eigenvalue weighted by atomic mass is 9.97. The standard InChI is InChI=1S/C22H19N3O3/c1-28-19-8-3-2-5-13(19)11-14-6-4-7-17-20(14)22(27)25-18-12-15(21(23)26)9-10-16(18)24-17/h2-10,12,24H,11H2,1H3,(H2,23,26)(H,25,27). The number of carbonyl (C=O) groups is 2. The molecule has 0 atom stereocenters. The Morgan fingerprint density at radius 3 is 2.50 bits per heavy atom. The van der Waals surface area contributed by atoms with Gasteiger partial charge in [0.1, 0.15) is 5.75 Å². The Labute approximate surface area is 162 Å². The molecule has 1 heterocycles. The third-order valence-electron chi connectivity index (χ3n) is 4.77. The molecule has 3 aromatic carbocycles. The molecule has 28 heavy (non-hydrogen) atoms. The maximum Gasteiger partial charge on any atom is 0.258 e. The molecule has 0 saturated heterocycles. The third kappa shape index (κ3) is 3.16. The zero-order chi connectivity index (χ0) is 19.7. The number of rotatable bonds is 4. The monoisotopic (exact) mass is 373 g/mol. The van der Waals surface area contributed by atoms with Crippen molar-refractivity contribution in [3.05, 3.63) is 82.9 Å². The molecule has 0 aliphatic carbocycles. The van der Waals surface area contributed by atoms with Crippen molar-refractivity contribution >= 4 is 28.9 Å². The number of ether oxygens (including phenoxy) is 1. The zero-order valence-corrected chi connectivity index (χ0v) is 15.3. The number of benzene rings is 3. The highest BCUT2D eigenvalue weighted by molar-refractivity contribution is 6.13. The van der Waals surface area contributed by atoms with Gasteiger partial charge in [0.2, 0.25) is 5.91 Å². The lowest BCUT2D eigenvalue weighted by molar-refractivity contribution is 0.0996. The van der Waals surface area contributed by atoms with E-state index in [9.17, 15) is 9.59 Å². The average molecular weight is 373 g/mol. The Kier molecular flexibility index (Phi) is 4.45. The van der Waals surface area contributed by atoms with Gasteiger partial charge < -0.3 is 21.1 Å². The van der Waals surface area contributed by atoms with Crippen LogP contribution in [0.3, 0.4) is 0 Å². The molecule has 140 valence electrons. The van der Waals surface area contributed by atoms with E-state index in [0.717, 1.165) is 16.9 Å². The molecule has 2 amide bonds. The minimum atomic E-state index is -0.546. The summed E-state index contributed by atoms with van der Waals surface area (Å²) in [5.41, 5.74) is 10.0. The smallest absolute Gasteiger partial charge is 0.258 e. The summed E-state index contributed by atoms with van der Waals surface area (Å²) in [7, 11) is 1.63. The first-order valence-corrected chi connectivity index (χ1v) is 8.83. The van der Waals surface area contributed by atoms with Crippen LogP contribution in [0.4, 0.5) is 17.1 Å². The van der Waals surface area contributed by atoms with E-state index in [1.807, 2.05) is 42.5 Å².